The molecular formula is C16H11BrF3NO3. The SMILES string of the molecule is O=C(COC(=O)Cc1ccc(Br)cc1)Nc1ccc(F)c(F)c1F. The van der Waals surface area contributed by atoms with E-state index in [1.807, 2.05) is 5.32 Å². The molecule has 0 spiro atoms. The van der Waals surface area contributed by atoms with E-state index in [1.165, 1.54) is 0 Å². The molecule has 24 heavy (non-hydrogen) atoms. The smallest absolute Gasteiger partial charge is 0.310 e. The third-order valence-corrected chi connectivity index (χ3v) is 3.46. The maximum atomic E-state index is 13.4. The van der Waals surface area contributed by atoms with Crippen molar-refractivity contribution >= 4 is 33.5 Å². The number of rotatable bonds is 5. The van der Waals surface area contributed by atoms with Gasteiger partial charge in [0.1, 0.15) is 0 Å². The number of carbonyl (C=O) groups is 2. The van der Waals surface area contributed by atoms with Crippen molar-refractivity contribution in [1.29, 1.82) is 0 Å². The van der Waals surface area contributed by atoms with Crippen LogP contribution in [0.15, 0.2) is 40.9 Å². The minimum atomic E-state index is -1.69. The lowest BCUT2D eigenvalue weighted by molar-refractivity contribution is -0.146. The molecular weight excluding hydrogens is 391 g/mol. The molecule has 0 bridgehead atoms. The summed E-state index contributed by atoms with van der Waals surface area (Å²) in [5, 5.41) is 2.00. The van der Waals surface area contributed by atoms with Gasteiger partial charge in [0, 0.05) is 4.47 Å². The molecule has 0 unspecified atom stereocenters. The summed E-state index contributed by atoms with van der Waals surface area (Å²) < 4.78 is 44.8. The van der Waals surface area contributed by atoms with Crippen LogP contribution in [-0.2, 0) is 20.7 Å². The highest BCUT2D eigenvalue weighted by Gasteiger charge is 2.16. The molecule has 1 amide bonds. The Morgan fingerprint density at radius 1 is 1.00 bits per heavy atom. The summed E-state index contributed by atoms with van der Waals surface area (Å²) in [4.78, 5) is 23.2. The van der Waals surface area contributed by atoms with Crippen LogP contribution < -0.4 is 5.32 Å². The predicted octanol–water partition coefficient (Wildman–Crippen LogP) is 3.59. The molecule has 0 fully saturated rings. The van der Waals surface area contributed by atoms with Crippen LogP contribution in [0.25, 0.3) is 0 Å². The quantitative estimate of drug-likeness (QED) is 0.615. The monoisotopic (exact) mass is 401 g/mol. The van der Waals surface area contributed by atoms with Crippen LogP contribution in [0.2, 0.25) is 0 Å². The van der Waals surface area contributed by atoms with Crippen molar-refractivity contribution < 1.29 is 27.5 Å². The van der Waals surface area contributed by atoms with Crippen molar-refractivity contribution in [2.45, 2.75) is 6.42 Å². The van der Waals surface area contributed by atoms with Crippen LogP contribution in [0.4, 0.5) is 18.9 Å². The number of hydrogen-bond donors (Lipinski definition) is 1. The molecule has 2 aromatic carbocycles. The maximum Gasteiger partial charge on any atom is 0.310 e. The Morgan fingerprint density at radius 3 is 2.33 bits per heavy atom. The first-order valence-corrected chi connectivity index (χ1v) is 7.49. The van der Waals surface area contributed by atoms with Crippen molar-refractivity contribution in [1.82, 2.24) is 0 Å². The minimum absolute atomic E-state index is 0.0416. The second kappa shape index (κ2) is 7.96. The molecule has 126 valence electrons. The van der Waals surface area contributed by atoms with Crippen LogP contribution in [-0.4, -0.2) is 18.5 Å². The Balaban J connectivity index is 1.86. The molecule has 0 radical (unpaired) electrons. The lowest BCUT2D eigenvalue weighted by Gasteiger charge is -2.08. The van der Waals surface area contributed by atoms with E-state index < -0.39 is 41.6 Å². The van der Waals surface area contributed by atoms with E-state index in [1.54, 1.807) is 24.3 Å². The Hall–Kier alpha value is -2.35. The van der Waals surface area contributed by atoms with Gasteiger partial charge in [-0.2, -0.15) is 0 Å². The number of carbonyl (C=O) groups excluding carboxylic acids is 2. The van der Waals surface area contributed by atoms with E-state index in [0.717, 1.165) is 10.5 Å². The topological polar surface area (TPSA) is 55.4 Å². The van der Waals surface area contributed by atoms with Gasteiger partial charge in [0.2, 0.25) is 0 Å². The lowest BCUT2D eigenvalue weighted by Crippen LogP contribution is -2.22. The molecule has 0 aliphatic heterocycles. The summed E-state index contributed by atoms with van der Waals surface area (Å²) in [6.07, 6.45) is -0.0416. The minimum Gasteiger partial charge on any atom is -0.455 e. The summed E-state index contributed by atoms with van der Waals surface area (Å²) in [5.41, 5.74) is 0.151. The van der Waals surface area contributed by atoms with Gasteiger partial charge in [0.05, 0.1) is 12.1 Å². The van der Waals surface area contributed by atoms with Crippen molar-refractivity contribution in [2.75, 3.05) is 11.9 Å². The highest BCUT2D eigenvalue weighted by atomic mass is 79.9. The fraction of sp³-hybridized carbons (Fsp3) is 0.125. The Bertz CT molecular complexity index is 766. The van der Waals surface area contributed by atoms with Crippen LogP contribution in [0.3, 0.4) is 0 Å². The van der Waals surface area contributed by atoms with Gasteiger partial charge in [0.15, 0.2) is 24.1 Å². The van der Waals surface area contributed by atoms with E-state index in [9.17, 15) is 22.8 Å². The number of nitrogens with one attached hydrogen (secondary N) is 1. The number of ether oxygens (including phenoxy) is 1. The molecule has 1 N–H and O–H groups in total. The number of amides is 1. The molecule has 0 aromatic heterocycles. The van der Waals surface area contributed by atoms with E-state index in [-0.39, 0.29) is 6.42 Å². The third-order valence-electron chi connectivity index (χ3n) is 2.94. The normalized spacial score (nSPS) is 10.3. The van der Waals surface area contributed by atoms with Crippen molar-refractivity contribution in [2.24, 2.45) is 0 Å². The molecule has 0 saturated heterocycles. The van der Waals surface area contributed by atoms with Crippen LogP contribution in [0, 0.1) is 17.5 Å². The Morgan fingerprint density at radius 2 is 1.67 bits per heavy atom. The number of hydrogen-bond acceptors (Lipinski definition) is 3. The zero-order chi connectivity index (χ0) is 17.7. The molecule has 4 nitrogen and oxygen atoms in total. The maximum absolute atomic E-state index is 13.4. The number of halogens is 4. The van der Waals surface area contributed by atoms with Gasteiger partial charge in [0.25, 0.3) is 5.91 Å². The Labute approximate surface area is 143 Å². The largest absolute Gasteiger partial charge is 0.455 e. The van der Waals surface area contributed by atoms with Gasteiger partial charge in [-0.25, -0.2) is 13.2 Å². The average Bonchev–Trinajstić information content (AvgIpc) is 2.56. The molecule has 0 atom stereocenters. The number of benzene rings is 2. The van der Waals surface area contributed by atoms with Gasteiger partial charge >= 0.3 is 5.97 Å². The van der Waals surface area contributed by atoms with Gasteiger partial charge in [-0.1, -0.05) is 28.1 Å². The molecule has 0 aliphatic carbocycles. The summed E-state index contributed by atoms with van der Waals surface area (Å²) in [5.74, 6) is -6.11. The predicted molar refractivity (Wildman–Crippen MR) is 83.8 cm³/mol. The van der Waals surface area contributed by atoms with Crippen LogP contribution in [0.1, 0.15) is 5.56 Å². The number of anilines is 1. The molecule has 0 heterocycles. The average molecular weight is 402 g/mol. The fourth-order valence-electron chi connectivity index (χ4n) is 1.77. The third kappa shape index (κ3) is 4.82. The lowest BCUT2D eigenvalue weighted by atomic mass is 10.2. The van der Waals surface area contributed by atoms with Crippen molar-refractivity contribution in [3.8, 4) is 0 Å². The summed E-state index contributed by atoms with van der Waals surface area (Å²) >= 11 is 3.26. The first kappa shape index (κ1) is 18.0. The summed E-state index contributed by atoms with van der Waals surface area (Å²) in [6.45, 7) is -0.673. The van der Waals surface area contributed by atoms with Crippen molar-refractivity contribution in [3.63, 3.8) is 0 Å². The first-order valence-electron chi connectivity index (χ1n) is 6.70. The zero-order valence-corrected chi connectivity index (χ0v) is 13.7. The highest BCUT2D eigenvalue weighted by molar-refractivity contribution is 9.10. The van der Waals surface area contributed by atoms with Gasteiger partial charge in [-0.15, -0.1) is 0 Å². The molecule has 2 aromatic rings. The van der Waals surface area contributed by atoms with Crippen molar-refractivity contribution in [3.05, 3.63) is 63.9 Å². The zero-order valence-electron chi connectivity index (χ0n) is 12.1. The number of esters is 1. The van der Waals surface area contributed by atoms with E-state index in [0.29, 0.717) is 11.6 Å². The van der Waals surface area contributed by atoms with Gasteiger partial charge < -0.3 is 10.1 Å². The molecule has 2 rings (SSSR count). The summed E-state index contributed by atoms with van der Waals surface area (Å²) in [7, 11) is 0. The Kier molecular flexibility index (Phi) is 5.97. The summed E-state index contributed by atoms with van der Waals surface area (Å²) in [6, 6.07) is 8.47. The standard InChI is InChI=1S/C16H11BrF3NO3/c17-10-3-1-9(2-4-10)7-14(23)24-8-13(22)21-12-6-5-11(18)15(19)16(12)20/h1-6H,7-8H2,(H,21,22). The highest BCUT2D eigenvalue weighted by Crippen LogP contribution is 2.19. The molecule has 8 heteroatoms. The second-order valence-electron chi connectivity index (χ2n) is 4.74. The molecule has 0 saturated carbocycles. The molecule has 0 aliphatic rings. The second-order valence-corrected chi connectivity index (χ2v) is 5.65. The van der Waals surface area contributed by atoms with Crippen LogP contribution in [0.5, 0.6) is 0 Å². The van der Waals surface area contributed by atoms with E-state index in [2.05, 4.69) is 15.9 Å². The van der Waals surface area contributed by atoms with Gasteiger partial charge in [-0.05, 0) is 29.8 Å². The van der Waals surface area contributed by atoms with E-state index >= 15 is 0 Å². The van der Waals surface area contributed by atoms with Gasteiger partial charge in [-0.3, -0.25) is 9.59 Å². The van der Waals surface area contributed by atoms with E-state index in [4.69, 9.17) is 4.74 Å². The fourth-order valence-corrected chi connectivity index (χ4v) is 2.04. The first-order chi connectivity index (χ1) is 11.4. The van der Waals surface area contributed by atoms with Crippen LogP contribution >= 0.6 is 15.9 Å².